The van der Waals surface area contributed by atoms with Crippen molar-refractivity contribution in [1.29, 1.82) is 0 Å². The van der Waals surface area contributed by atoms with E-state index in [1.807, 2.05) is 0 Å². The van der Waals surface area contributed by atoms with Crippen molar-refractivity contribution in [3.63, 3.8) is 0 Å². The molecule has 0 aliphatic carbocycles. The molecular weight excluding hydrogens is 300 g/mol. The number of halogens is 1. The lowest BCUT2D eigenvalue weighted by Gasteiger charge is -2.36. The molecule has 1 aromatic carbocycles. The fourth-order valence-electron chi connectivity index (χ4n) is 2.88. The van der Waals surface area contributed by atoms with E-state index < -0.39 is 5.41 Å². The molecule has 1 aromatic rings. The normalized spacial score (nSPS) is 16.6. The summed E-state index contributed by atoms with van der Waals surface area (Å²) in [5, 5.41) is 3.09. The number of amides is 1. The fraction of sp³-hybridized carbons (Fsp3) is 0.588. The monoisotopic (exact) mass is 326 g/mol. The van der Waals surface area contributed by atoms with Gasteiger partial charge in [0.05, 0.1) is 5.41 Å². The number of nitrogens with one attached hydrogen (secondary N) is 1. The average molecular weight is 327 g/mol. The lowest BCUT2D eigenvalue weighted by Crippen LogP contribution is -2.48. The van der Waals surface area contributed by atoms with E-state index in [0.717, 1.165) is 31.2 Å². The Morgan fingerprint density at radius 2 is 1.86 bits per heavy atom. The molecule has 0 aromatic heterocycles. The molecule has 1 amide bonds. The Kier molecular flexibility index (Phi) is 7.87. The van der Waals surface area contributed by atoms with Gasteiger partial charge in [-0.1, -0.05) is 29.8 Å². The minimum absolute atomic E-state index is 0. The third-order valence-electron chi connectivity index (χ3n) is 4.30. The Balaban J connectivity index is 0.00000242. The summed E-state index contributed by atoms with van der Waals surface area (Å²) in [7, 11) is 0. The molecule has 0 unspecified atom stereocenters. The molecule has 0 spiro atoms. The van der Waals surface area contributed by atoms with Crippen LogP contribution in [-0.4, -0.2) is 32.2 Å². The largest absolute Gasteiger partial charge is 0.381 e. The SMILES string of the molecule is Cc1ccc(C2(C(=O)NCCCCN)CCOCC2)cc1.Cl. The third kappa shape index (κ3) is 4.45. The number of unbranched alkanes of at least 4 members (excludes halogenated alkanes) is 1. The van der Waals surface area contributed by atoms with Crippen molar-refractivity contribution in [2.75, 3.05) is 26.3 Å². The summed E-state index contributed by atoms with van der Waals surface area (Å²) in [6.07, 6.45) is 3.38. The van der Waals surface area contributed by atoms with Crippen LogP contribution in [0.4, 0.5) is 0 Å². The van der Waals surface area contributed by atoms with Crippen molar-refractivity contribution in [2.24, 2.45) is 5.73 Å². The van der Waals surface area contributed by atoms with Crippen molar-refractivity contribution in [3.8, 4) is 0 Å². The van der Waals surface area contributed by atoms with Crippen molar-refractivity contribution in [1.82, 2.24) is 5.32 Å². The van der Waals surface area contributed by atoms with Crippen LogP contribution in [0.2, 0.25) is 0 Å². The number of aryl methyl sites for hydroxylation is 1. The summed E-state index contributed by atoms with van der Waals surface area (Å²) >= 11 is 0. The Morgan fingerprint density at radius 3 is 2.45 bits per heavy atom. The van der Waals surface area contributed by atoms with E-state index >= 15 is 0 Å². The molecule has 124 valence electrons. The van der Waals surface area contributed by atoms with Crippen LogP contribution in [0.25, 0.3) is 0 Å². The van der Waals surface area contributed by atoms with Gasteiger partial charge in [-0.2, -0.15) is 0 Å². The first-order chi connectivity index (χ1) is 10.2. The van der Waals surface area contributed by atoms with Gasteiger partial charge >= 0.3 is 0 Å². The van der Waals surface area contributed by atoms with E-state index in [0.29, 0.717) is 26.3 Å². The Labute approximate surface area is 139 Å². The second-order valence-corrected chi connectivity index (χ2v) is 5.81. The second kappa shape index (κ2) is 9.13. The van der Waals surface area contributed by atoms with E-state index in [1.165, 1.54) is 5.56 Å². The number of nitrogens with two attached hydrogens (primary N) is 1. The second-order valence-electron chi connectivity index (χ2n) is 5.81. The van der Waals surface area contributed by atoms with Gasteiger partial charge in [0.25, 0.3) is 0 Å². The summed E-state index contributed by atoms with van der Waals surface area (Å²) in [5.74, 6) is 0.131. The van der Waals surface area contributed by atoms with Gasteiger partial charge in [-0.15, -0.1) is 12.4 Å². The molecule has 1 fully saturated rings. The number of carbonyl (C=O) groups excluding carboxylic acids is 1. The maximum absolute atomic E-state index is 12.8. The molecule has 0 radical (unpaired) electrons. The van der Waals surface area contributed by atoms with Gasteiger partial charge in [0.1, 0.15) is 0 Å². The highest BCUT2D eigenvalue weighted by Gasteiger charge is 2.41. The molecule has 1 heterocycles. The maximum atomic E-state index is 12.8. The lowest BCUT2D eigenvalue weighted by atomic mass is 9.73. The number of rotatable bonds is 6. The van der Waals surface area contributed by atoms with E-state index in [4.69, 9.17) is 10.5 Å². The van der Waals surface area contributed by atoms with Gasteiger partial charge in [-0.05, 0) is 44.7 Å². The highest BCUT2D eigenvalue weighted by Crippen LogP contribution is 2.35. The molecule has 1 saturated heterocycles. The summed E-state index contributed by atoms with van der Waals surface area (Å²) in [6.45, 7) is 4.72. The van der Waals surface area contributed by atoms with Crippen molar-refractivity contribution in [2.45, 2.75) is 38.0 Å². The first-order valence-electron chi connectivity index (χ1n) is 7.82. The average Bonchev–Trinajstić information content (AvgIpc) is 2.52. The predicted octanol–water partition coefficient (Wildman–Crippen LogP) is 2.32. The van der Waals surface area contributed by atoms with Crippen LogP contribution in [0.3, 0.4) is 0 Å². The van der Waals surface area contributed by atoms with Crippen molar-refractivity contribution in [3.05, 3.63) is 35.4 Å². The van der Waals surface area contributed by atoms with Gasteiger partial charge in [0.2, 0.25) is 5.91 Å². The molecule has 1 aliphatic heterocycles. The van der Waals surface area contributed by atoms with E-state index in [9.17, 15) is 4.79 Å². The molecule has 3 N–H and O–H groups in total. The third-order valence-corrected chi connectivity index (χ3v) is 4.30. The molecule has 4 nitrogen and oxygen atoms in total. The molecule has 0 atom stereocenters. The van der Waals surface area contributed by atoms with Crippen LogP contribution in [0.5, 0.6) is 0 Å². The van der Waals surface area contributed by atoms with Gasteiger partial charge in [0.15, 0.2) is 0 Å². The first kappa shape index (κ1) is 18.9. The van der Waals surface area contributed by atoms with E-state index in [1.54, 1.807) is 0 Å². The standard InChI is InChI=1S/C17H26N2O2.ClH/c1-14-4-6-15(7-5-14)17(8-12-21-13-9-17)16(20)19-11-3-2-10-18;/h4-7H,2-3,8-13,18H2,1H3,(H,19,20);1H. The van der Waals surface area contributed by atoms with Crippen LogP contribution >= 0.6 is 12.4 Å². The van der Waals surface area contributed by atoms with Crippen LogP contribution in [-0.2, 0) is 14.9 Å². The smallest absolute Gasteiger partial charge is 0.230 e. The molecule has 1 aliphatic rings. The Bertz CT molecular complexity index is 456. The van der Waals surface area contributed by atoms with E-state index in [-0.39, 0.29) is 18.3 Å². The fourth-order valence-corrected chi connectivity index (χ4v) is 2.88. The zero-order chi connectivity index (χ0) is 15.1. The summed E-state index contributed by atoms with van der Waals surface area (Å²) < 4.78 is 5.47. The number of ether oxygens (including phenoxy) is 1. The zero-order valence-electron chi connectivity index (χ0n) is 13.3. The van der Waals surface area contributed by atoms with Gasteiger partial charge in [-0.3, -0.25) is 4.79 Å². The van der Waals surface area contributed by atoms with E-state index in [2.05, 4.69) is 36.5 Å². The quantitative estimate of drug-likeness (QED) is 0.788. The van der Waals surface area contributed by atoms with Crippen molar-refractivity contribution >= 4 is 18.3 Å². The molecule has 5 heteroatoms. The molecule has 0 saturated carbocycles. The molecule has 2 rings (SSSR count). The minimum atomic E-state index is -0.436. The summed E-state index contributed by atoms with van der Waals surface area (Å²) in [4.78, 5) is 12.8. The number of hydrogen-bond acceptors (Lipinski definition) is 3. The maximum Gasteiger partial charge on any atom is 0.230 e. The van der Waals surface area contributed by atoms with Gasteiger partial charge < -0.3 is 15.8 Å². The van der Waals surface area contributed by atoms with Gasteiger partial charge in [0, 0.05) is 19.8 Å². The van der Waals surface area contributed by atoms with Crippen LogP contribution in [0.1, 0.15) is 36.8 Å². The summed E-state index contributed by atoms with van der Waals surface area (Å²) in [5.41, 5.74) is 7.37. The minimum Gasteiger partial charge on any atom is -0.381 e. The molecule has 0 bridgehead atoms. The molecular formula is C17H27ClN2O2. The Hall–Kier alpha value is -1.10. The van der Waals surface area contributed by atoms with Gasteiger partial charge in [-0.25, -0.2) is 0 Å². The lowest BCUT2D eigenvalue weighted by molar-refractivity contribution is -0.130. The predicted molar refractivity (Wildman–Crippen MR) is 91.5 cm³/mol. The van der Waals surface area contributed by atoms with Crippen LogP contribution in [0.15, 0.2) is 24.3 Å². The molecule has 22 heavy (non-hydrogen) atoms. The Morgan fingerprint density at radius 1 is 1.23 bits per heavy atom. The number of hydrogen-bond donors (Lipinski definition) is 2. The topological polar surface area (TPSA) is 64.4 Å². The highest BCUT2D eigenvalue weighted by molar-refractivity contribution is 5.88. The summed E-state index contributed by atoms with van der Waals surface area (Å²) in [6, 6.07) is 8.32. The van der Waals surface area contributed by atoms with Crippen molar-refractivity contribution < 1.29 is 9.53 Å². The highest BCUT2D eigenvalue weighted by atomic mass is 35.5. The van der Waals surface area contributed by atoms with Crippen LogP contribution < -0.4 is 11.1 Å². The van der Waals surface area contributed by atoms with Crippen LogP contribution in [0, 0.1) is 6.92 Å². The number of benzene rings is 1. The number of carbonyl (C=O) groups is 1. The zero-order valence-corrected chi connectivity index (χ0v) is 14.1. The first-order valence-corrected chi connectivity index (χ1v) is 7.82.